The first-order valence-corrected chi connectivity index (χ1v) is 12.5. The zero-order chi connectivity index (χ0) is 23.8. The summed E-state index contributed by atoms with van der Waals surface area (Å²) < 4.78 is 34.1. The molecule has 33 heavy (non-hydrogen) atoms. The molecule has 1 aromatic heterocycles. The third kappa shape index (κ3) is 4.72. The molecule has 4 rings (SSSR count). The highest BCUT2D eigenvalue weighted by Crippen LogP contribution is 2.36. The summed E-state index contributed by atoms with van der Waals surface area (Å²) in [6, 6.07) is 8.44. The van der Waals surface area contributed by atoms with Gasteiger partial charge in [-0.3, -0.25) is 9.59 Å². The number of sulfonamides is 1. The van der Waals surface area contributed by atoms with Crippen LogP contribution in [0.1, 0.15) is 37.4 Å². The number of hydrogen-bond acceptors (Lipinski definition) is 6. The Balaban J connectivity index is 1.55. The van der Waals surface area contributed by atoms with Crippen molar-refractivity contribution in [3.63, 3.8) is 0 Å². The van der Waals surface area contributed by atoms with Crippen LogP contribution < -0.4 is 15.4 Å². The van der Waals surface area contributed by atoms with Gasteiger partial charge in [0.25, 0.3) is 5.91 Å². The van der Waals surface area contributed by atoms with Gasteiger partial charge in [-0.05, 0) is 56.9 Å². The van der Waals surface area contributed by atoms with Crippen molar-refractivity contribution in [2.45, 2.75) is 51.0 Å². The Morgan fingerprint density at radius 1 is 1.30 bits per heavy atom. The SMILES string of the molecule is CC[C@H]1Oc2cc(S(=O)(=O)N3CCC[C@@H](C(=O)Nc4cccc(C)n4)C3)c(C)cc2NC1=O. The zero-order valence-electron chi connectivity index (χ0n) is 18.9. The summed E-state index contributed by atoms with van der Waals surface area (Å²) in [7, 11) is -3.86. The molecular formula is C23H28N4O5S. The molecule has 2 N–H and O–H groups in total. The van der Waals surface area contributed by atoms with Gasteiger partial charge in [-0.25, -0.2) is 13.4 Å². The summed E-state index contributed by atoms with van der Waals surface area (Å²) in [6.45, 7) is 5.77. The molecule has 1 fully saturated rings. The molecule has 176 valence electrons. The van der Waals surface area contributed by atoms with Crippen LogP contribution in [-0.2, 0) is 19.6 Å². The highest BCUT2D eigenvalue weighted by atomic mass is 32.2. The number of carbonyl (C=O) groups excluding carboxylic acids is 2. The van der Waals surface area contributed by atoms with Gasteiger partial charge >= 0.3 is 0 Å². The van der Waals surface area contributed by atoms with Crippen molar-refractivity contribution < 1.29 is 22.7 Å². The first-order chi connectivity index (χ1) is 15.7. The van der Waals surface area contributed by atoms with Crippen LogP contribution >= 0.6 is 0 Å². The number of nitrogens with zero attached hydrogens (tertiary/aromatic N) is 2. The Kier molecular flexibility index (Phi) is 6.40. The van der Waals surface area contributed by atoms with Crippen LogP contribution in [0.4, 0.5) is 11.5 Å². The van der Waals surface area contributed by atoms with Gasteiger partial charge < -0.3 is 15.4 Å². The summed E-state index contributed by atoms with van der Waals surface area (Å²) >= 11 is 0. The van der Waals surface area contributed by atoms with Crippen LogP contribution in [0.3, 0.4) is 0 Å². The molecule has 9 nitrogen and oxygen atoms in total. The van der Waals surface area contributed by atoms with Crippen LogP contribution in [0.2, 0.25) is 0 Å². The summed E-state index contributed by atoms with van der Waals surface area (Å²) in [4.78, 5) is 29.3. The monoisotopic (exact) mass is 472 g/mol. The lowest BCUT2D eigenvalue weighted by molar-refractivity contribution is -0.123. The second-order valence-corrected chi connectivity index (χ2v) is 10.4. The van der Waals surface area contributed by atoms with E-state index in [1.165, 1.54) is 10.4 Å². The van der Waals surface area contributed by atoms with Crippen molar-refractivity contribution >= 4 is 33.3 Å². The molecule has 2 atom stereocenters. The molecule has 10 heteroatoms. The normalized spacial score (nSPS) is 21.0. The number of anilines is 2. The quantitative estimate of drug-likeness (QED) is 0.691. The minimum atomic E-state index is -3.86. The van der Waals surface area contributed by atoms with Gasteiger partial charge in [-0.15, -0.1) is 0 Å². The van der Waals surface area contributed by atoms with Gasteiger partial charge in [0.2, 0.25) is 15.9 Å². The average Bonchev–Trinajstić information content (AvgIpc) is 2.78. The van der Waals surface area contributed by atoms with E-state index in [-0.39, 0.29) is 23.3 Å². The lowest BCUT2D eigenvalue weighted by Crippen LogP contribution is -2.44. The minimum Gasteiger partial charge on any atom is -0.478 e. The fraction of sp³-hybridized carbons (Fsp3) is 0.435. The van der Waals surface area contributed by atoms with Gasteiger partial charge in [0.05, 0.1) is 16.5 Å². The number of piperidine rings is 1. The number of ether oxygens (including phenoxy) is 1. The third-order valence-electron chi connectivity index (χ3n) is 5.98. The largest absolute Gasteiger partial charge is 0.478 e. The van der Waals surface area contributed by atoms with Crippen molar-refractivity contribution in [1.82, 2.24) is 9.29 Å². The third-order valence-corrected chi connectivity index (χ3v) is 7.99. The maximum atomic E-state index is 13.5. The average molecular weight is 473 g/mol. The van der Waals surface area contributed by atoms with Crippen molar-refractivity contribution in [2.24, 2.45) is 5.92 Å². The number of fused-ring (bicyclic) bond motifs is 1. The molecule has 3 heterocycles. The molecule has 0 unspecified atom stereocenters. The Labute approximate surface area is 193 Å². The molecule has 0 spiro atoms. The van der Waals surface area contributed by atoms with E-state index in [1.807, 2.05) is 26.0 Å². The van der Waals surface area contributed by atoms with Crippen LogP contribution in [-0.4, -0.2) is 48.7 Å². The van der Waals surface area contributed by atoms with Crippen molar-refractivity contribution in [2.75, 3.05) is 23.7 Å². The molecule has 2 aromatic rings. The molecule has 1 aromatic carbocycles. The smallest absolute Gasteiger partial charge is 0.265 e. The standard InChI is InChI=1S/C23H28N4O5S/c1-4-18-23(29)25-17-11-14(2)20(12-19(17)32-18)33(30,31)27-10-6-8-16(13-27)22(28)26-21-9-5-7-15(3)24-21/h5,7,9,11-12,16,18H,4,6,8,10,13H2,1-3H3,(H,25,29)(H,24,26,28)/t16-,18-/m1/s1. The Morgan fingerprint density at radius 2 is 2.09 bits per heavy atom. The molecule has 2 aliphatic rings. The number of carbonyl (C=O) groups is 2. The van der Waals surface area contributed by atoms with E-state index in [1.54, 1.807) is 19.1 Å². The highest BCUT2D eigenvalue weighted by molar-refractivity contribution is 7.89. The van der Waals surface area contributed by atoms with E-state index in [4.69, 9.17) is 4.74 Å². The summed E-state index contributed by atoms with van der Waals surface area (Å²) in [6.07, 6.45) is 0.988. The van der Waals surface area contributed by atoms with E-state index in [0.29, 0.717) is 48.6 Å². The number of benzene rings is 1. The van der Waals surface area contributed by atoms with Crippen LogP contribution in [0.15, 0.2) is 35.2 Å². The number of amides is 2. The predicted molar refractivity (Wildman–Crippen MR) is 124 cm³/mol. The number of pyridine rings is 1. The molecule has 0 saturated carbocycles. The Bertz CT molecular complexity index is 1200. The summed E-state index contributed by atoms with van der Waals surface area (Å²) in [5.74, 6) is -0.175. The van der Waals surface area contributed by atoms with E-state index in [9.17, 15) is 18.0 Å². The van der Waals surface area contributed by atoms with Gasteiger partial charge in [0.1, 0.15) is 11.6 Å². The second kappa shape index (κ2) is 9.11. The molecule has 0 radical (unpaired) electrons. The summed E-state index contributed by atoms with van der Waals surface area (Å²) in [5.41, 5.74) is 1.75. The van der Waals surface area contributed by atoms with Gasteiger partial charge in [-0.1, -0.05) is 13.0 Å². The predicted octanol–water partition coefficient (Wildman–Crippen LogP) is 2.85. The maximum absolute atomic E-state index is 13.5. The number of nitrogens with one attached hydrogen (secondary N) is 2. The fourth-order valence-electron chi connectivity index (χ4n) is 4.19. The van der Waals surface area contributed by atoms with Crippen molar-refractivity contribution in [1.29, 1.82) is 0 Å². The number of aromatic nitrogens is 1. The van der Waals surface area contributed by atoms with Crippen molar-refractivity contribution in [3.05, 3.63) is 41.6 Å². The van der Waals surface area contributed by atoms with Crippen LogP contribution in [0, 0.1) is 19.8 Å². The molecule has 1 saturated heterocycles. The lowest BCUT2D eigenvalue weighted by atomic mass is 9.99. The fourth-order valence-corrected chi connectivity index (χ4v) is 5.93. The van der Waals surface area contributed by atoms with E-state index < -0.39 is 22.0 Å². The lowest BCUT2D eigenvalue weighted by Gasteiger charge is -2.32. The van der Waals surface area contributed by atoms with Gasteiger partial charge in [0.15, 0.2) is 6.10 Å². The van der Waals surface area contributed by atoms with Crippen LogP contribution in [0.5, 0.6) is 5.75 Å². The minimum absolute atomic E-state index is 0.0890. The molecule has 2 aliphatic heterocycles. The molecule has 0 bridgehead atoms. The van der Waals surface area contributed by atoms with Crippen molar-refractivity contribution in [3.8, 4) is 5.75 Å². The molecular weight excluding hydrogens is 444 g/mol. The first-order valence-electron chi connectivity index (χ1n) is 11.1. The molecule has 0 aliphatic carbocycles. The van der Waals surface area contributed by atoms with Gasteiger partial charge in [-0.2, -0.15) is 4.31 Å². The first kappa shape index (κ1) is 23.2. The molecule has 2 amide bonds. The Hall–Kier alpha value is -2.98. The maximum Gasteiger partial charge on any atom is 0.265 e. The Morgan fingerprint density at radius 3 is 2.82 bits per heavy atom. The number of aryl methyl sites for hydroxylation is 2. The summed E-state index contributed by atoms with van der Waals surface area (Å²) in [5, 5.41) is 5.58. The number of hydrogen-bond donors (Lipinski definition) is 2. The van der Waals surface area contributed by atoms with E-state index in [0.717, 1.165) is 5.69 Å². The van der Waals surface area contributed by atoms with E-state index in [2.05, 4.69) is 15.6 Å². The second-order valence-electron chi connectivity index (χ2n) is 8.47. The van der Waals surface area contributed by atoms with Crippen LogP contribution in [0.25, 0.3) is 0 Å². The van der Waals surface area contributed by atoms with Gasteiger partial charge in [0, 0.05) is 24.8 Å². The topological polar surface area (TPSA) is 118 Å². The number of rotatable bonds is 5. The zero-order valence-corrected chi connectivity index (χ0v) is 19.7. The highest BCUT2D eigenvalue weighted by Gasteiger charge is 2.36. The van der Waals surface area contributed by atoms with E-state index >= 15 is 0 Å².